The van der Waals surface area contributed by atoms with E-state index in [1.165, 1.54) is 18.2 Å². The highest BCUT2D eigenvalue weighted by Gasteiger charge is 2.13. The molecule has 4 nitrogen and oxygen atoms in total. The number of nitrogens with zero attached hydrogens (tertiary/aromatic N) is 1. The minimum absolute atomic E-state index is 0.0107. The van der Waals surface area contributed by atoms with Gasteiger partial charge in [-0.05, 0) is 36.4 Å². The van der Waals surface area contributed by atoms with E-state index >= 15 is 0 Å². The van der Waals surface area contributed by atoms with E-state index < -0.39 is 5.91 Å². The van der Waals surface area contributed by atoms with Gasteiger partial charge in [0.15, 0.2) is 5.58 Å². The summed E-state index contributed by atoms with van der Waals surface area (Å²) in [7, 11) is 0. The van der Waals surface area contributed by atoms with Crippen molar-refractivity contribution >= 4 is 69.0 Å². The van der Waals surface area contributed by atoms with Gasteiger partial charge in [0.2, 0.25) is 5.55 Å². The zero-order valence-corrected chi connectivity index (χ0v) is 14.8. The second kappa shape index (κ2) is 6.65. The van der Waals surface area contributed by atoms with Gasteiger partial charge in [-0.25, -0.2) is 4.99 Å². The van der Waals surface area contributed by atoms with E-state index in [-0.39, 0.29) is 16.1 Å². The van der Waals surface area contributed by atoms with Crippen LogP contribution in [0.4, 0.5) is 5.69 Å². The summed E-state index contributed by atoms with van der Waals surface area (Å²) in [5, 5.41) is 1.98. The number of rotatable bonds is 2. The van der Waals surface area contributed by atoms with Gasteiger partial charge in [-0.15, -0.1) is 0 Å². The summed E-state index contributed by atoms with van der Waals surface area (Å²) in [6.07, 6.45) is 0. The maximum atomic E-state index is 11.7. The van der Waals surface area contributed by atoms with Crippen LogP contribution in [0.3, 0.4) is 0 Å². The number of nitrogens with two attached hydrogens (primary N) is 1. The summed E-state index contributed by atoms with van der Waals surface area (Å²) in [6.45, 7) is 0. The second-order valence-electron chi connectivity index (χ2n) is 4.84. The van der Waals surface area contributed by atoms with Gasteiger partial charge in [0, 0.05) is 15.4 Å². The van der Waals surface area contributed by atoms with Crippen molar-refractivity contribution in [1.82, 2.24) is 0 Å². The van der Waals surface area contributed by atoms with Crippen molar-refractivity contribution < 1.29 is 9.21 Å². The highest BCUT2D eigenvalue weighted by molar-refractivity contribution is 6.38. The largest absolute Gasteiger partial charge is 0.436 e. The van der Waals surface area contributed by atoms with Gasteiger partial charge in [0.1, 0.15) is 5.56 Å². The van der Waals surface area contributed by atoms with E-state index in [9.17, 15) is 4.79 Å². The van der Waals surface area contributed by atoms with Gasteiger partial charge in [-0.2, -0.15) is 0 Å². The number of halogens is 4. The number of benzene rings is 2. The quantitative estimate of drug-likeness (QED) is 0.626. The van der Waals surface area contributed by atoms with Crippen LogP contribution >= 0.6 is 46.4 Å². The van der Waals surface area contributed by atoms with Crippen LogP contribution < -0.4 is 11.3 Å². The van der Waals surface area contributed by atoms with Gasteiger partial charge >= 0.3 is 0 Å². The Kier molecular flexibility index (Phi) is 4.74. The van der Waals surface area contributed by atoms with Crippen LogP contribution in [0.25, 0.3) is 11.0 Å². The first-order valence-corrected chi connectivity index (χ1v) is 8.09. The molecule has 0 bridgehead atoms. The number of carbonyl (C=O) groups excluding carboxylic acids is 1. The Morgan fingerprint density at radius 3 is 2.33 bits per heavy atom. The first kappa shape index (κ1) is 17.1. The molecule has 8 heteroatoms. The summed E-state index contributed by atoms with van der Waals surface area (Å²) in [4.78, 5) is 16.0. The maximum Gasteiger partial charge on any atom is 0.254 e. The molecule has 0 fully saturated rings. The monoisotopic (exact) mass is 400 g/mol. The van der Waals surface area contributed by atoms with Crippen molar-refractivity contribution in [1.29, 1.82) is 0 Å². The minimum Gasteiger partial charge on any atom is -0.436 e. The number of hydrogen-bond donors (Lipinski definition) is 1. The maximum absolute atomic E-state index is 11.7. The molecule has 0 spiro atoms. The first-order chi connectivity index (χ1) is 11.3. The number of hydrogen-bond acceptors (Lipinski definition) is 3. The molecule has 1 aromatic heterocycles. The van der Waals surface area contributed by atoms with Crippen LogP contribution in [0, 0.1) is 0 Å². The summed E-state index contributed by atoms with van der Waals surface area (Å²) < 4.78 is 5.68. The average molecular weight is 402 g/mol. The van der Waals surface area contributed by atoms with E-state index in [4.69, 9.17) is 56.6 Å². The molecule has 0 atom stereocenters. The van der Waals surface area contributed by atoms with Gasteiger partial charge in [-0.1, -0.05) is 46.4 Å². The summed E-state index contributed by atoms with van der Waals surface area (Å²) >= 11 is 24.1. The van der Waals surface area contributed by atoms with E-state index in [0.29, 0.717) is 31.7 Å². The Balaban J connectivity index is 2.35. The lowest BCUT2D eigenvalue weighted by atomic mass is 10.2. The lowest BCUT2D eigenvalue weighted by molar-refractivity contribution is 0.0996. The lowest BCUT2D eigenvalue weighted by Gasteiger charge is -2.05. The zero-order chi connectivity index (χ0) is 17.4. The van der Waals surface area contributed by atoms with E-state index in [1.54, 1.807) is 18.2 Å². The van der Waals surface area contributed by atoms with E-state index in [1.807, 2.05) is 0 Å². The van der Waals surface area contributed by atoms with Gasteiger partial charge in [-0.3, -0.25) is 4.79 Å². The molecule has 0 saturated carbocycles. The Morgan fingerprint density at radius 1 is 0.958 bits per heavy atom. The Bertz CT molecular complexity index is 1040. The predicted molar refractivity (Wildman–Crippen MR) is 96.4 cm³/mol. The third kappa shape index (κ3) is 3.37. The molecular formula is C16H8Cl4N2O2. The smallest absolute Gasteiger partial charge is 0.254 e. The van der Waals surface area contributed by atoms with Gasteiger partial charge in [0.25, 0.3) is 5.91 Å². The van der Waals surface area contributed by atoms with Crippen LogP contribution in [0.2, 0.25) is 20.1 Å². The molecule has 1 amide bonds. The minimum atomic E-state index is -0.708. The topological polar surface area (TPSA) is 68.6 Å². The summed E-state index contributed by atoms with van der Waals surface area (Å²) in [5.41, 5.74) is 6.18. The Morgan fingerprint density at radius 2 is 1.67 bits per heavy atom. The molecule has 0 aliphatic rings. The molecule has 0 aliphatic carbocycles. The zero-order valence-electron chi connectivity index (χ0n) is 11.8. The number of fused-ring (bicyclic) bond motifs is 1. The summed E-state index contributed by atoms with van der Waals surface area (Å²) in [6, 6.07) is 9.39. The van der Waals surface area contributed by atoms with Crippen molar-refractivity contribution in [3.8, 4) is 0 Å². The fraction of sp³-hybridized carbons (Fsp3) is 0. The number of amides is 1. The molecule has 3 rings (SSSR count). The molecule has 122 valence electrons. The van der Waals surface area contributed by atoms with Crippen molar-refractivity contribution in [2.45, 2.75) is 0 Å². The van der Waals surface area contributed by atoms with Crippen molar-refractivity contribution in [3.05, 3.63) is 67.6 Å². The molecule has 2 N–H and O–H groups in total. The predicted octanol–water partition coefficient (Wildman–Crippen LogP) is 5.38. The molecule has 2 aromatic carbocycles. The molecule has 0 aliphatic heterocycles. The standard InChI is InChI=1S/C16H8Cl4N2O2/c17-8-1-2-13(11(19)5-8)22-16-10(15(21)23)4-7-3-9(18)6-12(20)14(7)24-16/h1-6H,(H2,21,23). The van der Waals surface area contributed by atoms with Gasteiger partial charge in [0.05, 0.1) is 15.7 Å². The first-order valence-electron chi connectivity index (χ1n) is 6.57. The molecule has 0 saturated heterocycles. The van der Waals surface area contributed by atoms with Crippen molar-refractivity contribution in [2.75, 3.05) is 0 Å². The molecule has 24 heavy (non-hydrogen) atoms. The van der Waals surface area contributed by atoms with Crippen LogP contribution in [-0.4, -0.2) is 5.91 Å². The van der Waals surface area contributed by atoms with E-state index in [2.05, 4.69) is 4.99 Å². The van der Waals surface area contributed by atoms with Gasteiger partial charge < -0.3 is 10.2 Å². The molecule has 0 unspecified atom stereocenters. The highest BCUT2D eigenvalue weighted by atomic mass is 35.5. The highest BCUT2D eigenvalue weighted by Crippen LogP contribution is 2.29. The molecular weight excluding hydrogens is 394 g/mol. The third-order valence-corrected chi connectivity index (χ3v) is 4.20. The fourth-order valence-corrected chi connectivity index (χ4v) is 3.10. The molecule has 1 heterocycles. The third-order valence-electron chi connectivity index (χ3n) is 3.16. The second-order valence-corrected chi connectivity index (χ2v) is 6.53. The number of primary amides is 1. The molecule has 0 radical (unpaired) electrons. The molecule has 3 aromatic rings. The van der Waals surface area contributed by atoms with Crippen LogP contribution in [0.5, 0.6) is 0 Å². The van der Waals surface area contributed by atoms with Crippen molar-refractivity contribution in [3.63, 3.8) is 0 Å². The van der Waals surface area contributed by atoms with Crippen LogP contribution in [0.15, 0.2) is 45.8 Å². The van der Waals surface area contributed by atoms with Crippen LogP contribution in [0.1, 0.15) is 10.4 Å². The SMILES string of the molecule is NC(=O)c1cc2cc(Cl)cc(Cl)c2oc1=Nc1ccc(Cl)cc1Cl. The van der Waals surface area contributed by atoms with Crippen molar-refractivity contribution in [2.24, 2.45) is 10.7 Å². The fourth-order valence-electron chi connectivity index (χ4n) is 2.10. The number of carbonyl (C=O) groups is 1. The van der Waals surface area contributed by atoms with E-state index in [0.717, 1.165) is 0 Å². The average Bonchev–Trinajstić information content (AvgIpc) is 2.49. The lowest BCUT2D eigenvalue weighted by Crippen LogP contribution is -2.21. The van der Waals surface area contributed by atoms with Crippen LogP contribution in [-0.2, 0) is 0 Å². The summed E-state index contributed by atoms with van der Waals surface area (Å²) in [5.74, 6) is -0.708. The normalized spacial score (nSPS) is 11.9. The Hall–Kier alpha value is -1.72. The Labute approximate surface area is 156 Å².